The molecule has 1 heterocycles. The van der Waals surface area contributed by atoms with Gasteiger partial charge in [-0.15, -0.1) is 0 Å². The molecule has 186 valence electrons. The van der Waals surface area contributed by atoms with Gasteiger partial charge in [0.15, 0.2) is 0 Å². The van der Waals surface area contributed by atoms with Gasteiger partial charge in [-0.2, -0.15) is 0 Å². The number of carboxylic acids is 1. The number of aliphatic carboxylic acids is 1. The van der Waals surface area contributed by atoms with Crippen LogP contribution in [-0.2, 0) is 19.1 Å². The highest BCUT2D eigenvalue weighted by Gasteiger charge is 2.38. The number of rotatable bonds is 9. The molecule has 0 radical (unpaired) electrons. The van der Waals surface area contributed by atoms with Gasteiger partial charge in [0.1, 0.15) is 12.5 Å². The van der Waals surface area contributed by atoms with E-state index in [4.69, 9.17) is 9.47 Å². The Labute approximate surface area is 205 Å². The van der Waals surface area contributed by atoms with E-state index in [1.807, 2.05) is 31.2 Å². The van der Waals surface area contributed by atoms with Crippen molar-refractivity contribution < 1.29 is 29.0 Å². The topological polar surface area (TPSA) is 105 Å². The molecule has 1 fully saturated rings. The van der Waals surface area contributed by atoms with Crippen LogP contribution >= 0.6 is 0 Å². The van der Waals surface area contributed by atoms with Gasteiger partial charge in [0.2, 0.25) is 5.91 Å². The van der Waals surface area contributed by atoms with Crippen LogP contribution in [0.15, 0.2) is 48.5 Å². The van der Waals surface area contributed by atoms with Crippen molar-refractivity contribution in [2.75, 3.05) is 33.4 Å². The van der Waals surface area contributed by atoms with E-state index in [-0.39, 0.29) is 44.0 Å². The van der Waals surface area contributed by atoms with Crippen molar-refractivity contribution in [3.8, 4) is 11.1 Å². The van der Waals surface area contributed by atoms with Crippen LogP contribution in [-0.4, -0.2) is 67.4 Å². The lowest BCUT2D eigenvalue weighted by atomic mass is 9.98. The SMILES string of the molecule is CCC(CNC(=O)OCC1c2ccccc2-c2ccccc21)CC(=O)N(C)C1COCC1C(=O)O. The summed E-state index contributed by atoms with van der Waals surface area (Å²) in [6, 6.07) is 15.8. The number of likely N-dealkylation sites (N-methyl/N-ethyl adjacent to an activating group) is 1. The molecular formula is C27H32N2O6. The molecule has 4 rings (SSSR count). The Balaban J connectivity index is 1.28. The zero-order valence-corrected chi connectivity index (χ0v) is 20.1. The van der Waals surface area contributed by atoms with Crippen molar-refractivity contribution in [2.24, 2.45) is 11.8 Å². The van der Waals surface area contributed by atoms with Crippen LogP contribution in [0.5, 0.6) is 0 Å². The first-order valence-electron chi connectivity index (χ1n) is 12.1. The molecule has 1 aliphatic carbocycles. The molecule has 0 bridgehead atoms. The van der Waals surface area contributed by atoms with Crippen molar-refractivity contribution in [3.63, 3.8) is 0 Å². The van der Waals surface area contributed by atoms with Gasteiger partial charge in [0.05, 0.1) is 19.3 Å². The van der Waals surface area contributed by atoms with Gasteiger partial charge < -0.3 is 24.8 Å². The number of amides is 2. The average Bonchev–Trinajstić information content (AvgIpc) is 3.48. The summed E-state index contributed by atoms with van der Waals surface area (Å²) in [5.74, 6) is -1.94. The van der Waals surface area contributed by atoms with E-state index < -0.39 is 24.0 Å². The van der Waals surface area contributed by atoms with Crippen molar-refractivity contribution in [3.05, 3.63) is 59.7 Å². The van der Waals surface area contributed by atoms with E-state index in [2.05, 4.69) is 29.6 Å². The van der Waals surface area contributed by atoms with Crippen molar-refractivity contribution in [2.45, 2.75) is 31.7 Å². The van der Waals surface area contributed by atoms with Crippen molar-refractivity contribution in [1.82, 2.24) is 10.2 Å². The van der Waals surface area contributed by atoms with E-state index in [0.29, 0.717) is 13.0 Å². The number of hydrogen-bond acceptors (Lipinski definition) is 5. The van der Waals surface area contributed by atoms with Crippen LogP contribution in [0.4, 0.5) is 4.79 Å². The maximum Gasteiger partial charge on any atom is 0.407 e. The number of carbonyl (C=O) groups is 3. The largest absolute Gasteiger partial charge is 0.481 e. The third-order valence-electron chi connectivity index (χ3n) is 7.18. The van der Waals surface area contributed by atoms with E-state index in [0.717, 1.165) is 11.1 Å². The Kier molecular flexibility index (Phi) is 7.70. The summed E-state index contributed by atoms with van der Waals surface area (Å²) >= 11 is 0. The molecular weight excluding hydrogens is 448 g/mol. The van der Waals surface area contributed by atoms with Crippen LogP contribution < -0.4 is 5.32 Å². The van der Waals surface area contributed by atoms with Crippen LogP contribution in [0.25, 0.3) is 11.1 Å². The highest BCUT2D eigenvalue weighted by Crippen LogP contribution is 2.44. The molecule has 2 amide bonds. The number of alkyl carbamates (subject to hydrolysis) is 1. The van der Waals surface area contributed by atoms with E-state index >= 15 is 0 Å². The number of carboxylic acid groups (broad SMARTS) is 1. The van der Waals surface area contributed by atoms with Crippen LogP contribution in [0.2, 0.25) is 0 Å². The van der Waals surface area contributed by atoms with Gasteiger partial charge in [-0.05, 0) is 28.2 Å². The number of nitrogens with one attached hydrogen (secondary N) is 1. The van der Waals surface area contributed by atoms with Gasteiger partial charge in [-0.25, -0.2) is 4.79 Å². The van der Waals surface area contributed by atoms with E-state index in [1.165, 1.54) is 16.0 Å². The van der Waals surface area contributed by atoms with Gasteiger partial charge in [0.25, 0.3) is 0 Å². The van der Waals surface area contributed by atoms with E-state index in [9.17, 15) is 19.5 Å². The fourth-order valence-corrected chi connectivity index (χ4v) is 4.97. The minimum atomic E-state index is -0.962. The maximum absolute atomic E-state index is 12.8. The minimum absolute atomic E-state index is 0.0128. The molecule has 3 unspecified atom stereocenters. The number of carbonyl (C=O) groups excluding carboxylic acids is 2. The number of hydrogen-bond donors (Lipinski definition) is 2. The standard InChI is InChI=1S/C27H32N2O6/c1-3-17(12-25(30)29(2)24-16-34-14-23(24)26(31)32)13-28-27(33)35-15-22-20-10-6-4-8-18(20)19-9-5-7-11-21(19)22/h4-11,17,22-24H,3,12-16H2,1-2H3,(H,28,33)(H,31,32). The molecule has 35 heavy (non-hydrogen) atoms. The Morgan fingerprint density at radius 2 is 1.71 bits per heavy atom. The van der Waals surface area contributed by atoms with Crippen molar-refractivity contribution in [1.29, 1.82) is 0 Å². The average molecular weight is 481 g/mol. The predicted molar refractivity (Wildman–Crippen MR) is 130 cm³/mol. The maximum atomic E-state index is 12.8. The third-order valence-corrected chi connectivity index (χ3v) is 7.18. The van der Waals surface area contributed by atoms with Gasteiger partial charge in [0, 0.05) is 25.9 Å². The molecule has 2 aromatic carbocycles. The van der Waals surface area contributed by atoms with Crippen LogP contribution in [0, 0.1) is 11.8 Å². The first kappa shape index (κ1) is 24.7. The molecule has 1 saturated heterocycles. The Morgan fingerprint density at radius 1 is 1.09 bits per heavy atom. The summed E-state index contributed by atoms with van der Waals surface area (Å²) in [5, 5.41) is 12.1. The number of fused-ring (bicyclic) bond motifs is 3. The summed E-state index contributed by atoms with van der Waals surface area (Å²) in [6.07, 6.45) is 0.382. The van der Waals surface area contributed by atoms with Crippen molar-refractivity contribution >= 4 is 18.0 Å². The summed E-state index contributed by atoms with van der Waals surface area (Å²) in [6.45, 7) is 2.81. The molecule has 2 N–H and O–H groups in total. The molecule has 0 aromatic heterocycles. The zero-order chi connectivity index (χ0) is 24.9. The monoisotopic (exact) mass is 480 g/mol. The Bertz CT molecular complexity index is 1040. The lowest BCUT2D eigenvalue weighted by Crippen LogP contribution is -2.45. The number of nitrogens with zero attached hydrogens (tertiary/aromatic N) is 1. The highest BCUT2D eigenvalue weighted by molar-refractivity contribution is 5.80. The van der Waals surface area contributed by atoms with Gasteiger partial charge in [-0.1, -0.05) is 61.9 Å². The first-order chi connectivity index (χ1) is 16.9. The normalized spacial score (nSPS) is 19.5. The highest BCUT2D eigenvalue weighted by atomic mass is 16.5. The second-order valence-electron chi connectivity index (χ2n) is 9.24. The fraction of sp³-hybridized carbons (Fsp3) is 0.444. The summed E-state index contributed by atoms with van der Waals surface area (Å²) < 4.78 is 10.9. The molecule has 1 aliphatic heterocycles. The number of benzene rings is 2. The van der Waals surface area contributed by atoms with Crippen LogP contribution in [0.1, 0.15) is 36.8 Å². The summed E-state index contributed by atoms with van der Waals surface area (Å²) in [4.78, 5) is 38.1. The molecule has 3 atom stereocenters. The quantitative estimate of drug-likeness (QED) is 0.569. The number of ether oxygens (including phenoxy) is 2. The molecule has 8 nitrogen and oxygen atoms in total. The summed E-state index contributed by atoms with van der Waals surface area (Å²) in [7, 11) is 1.61. The molecule has 2 aromatic rings. The van der Waals surface area contributed by atoms with E-state index in [1.54, 1.807) is 7.05 Å². The smallest absolute Gasteiger partial charge is 0.407 e. The Morgan fingerprint density at radius 3 is 2.31 bits per heavy atom. The third kappa shape index (κ3) is 5.32. The van der Waals surface area contributed by atoms with Gasteiger partial charge in [-0.3, -0.25) is 9.59 Å². The van der Waals surface area contributed by atoms with Gasteiger partial charge >= 0.3 is 12.1 Å². The summed E-state index contributed by atoms with van der Waals surface area (Å²) in [5.41, 5.74) is 4.64. The second kappa shape index (κ2) is 10.9. The minimum Gasteiger partial charge on any atom is -0.481 e. The Hall–Kier alpha value is -3.39. The molecule has 0 spiro atoms. The lowest BCUT2D eigenvalue weighted by molar-refractivity contribution is -0.144. The van der Waals surface area contributed by atoms with Crippen LogP contribution in [0.3, 0.4) is 0 Å². The molecule has 2 aliphatic rings. The molecule has 8 heteroatoms. The zero-order valence-electron chi connectivity index (χ0n) is 20.1. The molecule has 0 saturated carbocycles. The second-order valence-corrected chi connectivity index (χ2v) is 9.24. The first-order valence-corrected chi connectivity index (χ1v) is 12.1. The fourth-order valence-electron chi connectivity index (χ4n) is 4.97. The lowest BCUT2D eigenvalue weighted by Gasteiger charge is -2.28. The predicted octanol–water partition coefficient (Wildman–Crippen LogP) is 3.50.